The first kappa shape index (κ1) is 26.2. The number of nitrogens with one attached hydrogen (secondary N) is 2. The summed E-state index contributed by atoms with van der Waals surface area (Å²) < 4.78 is 90.7. The first-order chi connectivity index (χ1) is 15.3. The van der Waals surface area contributed by atoms with Crippen LogP contribution < -0.4 is 10.6 Å². The molecule has 3 aliphatic rings. The Balaban J connectivity index is 1.81. The van der Waals surface area contributed by atoms with E-state index >= 15 is 0 Å². The van der Waals surface area contributed by atoms with Crippen LogP contribution in [0, 0.1) is 17.8 Å². The molecular weight excluding hydrogens is 468 g/mol. The summed E-state index contributed by atoms with van der Waals surface area (Å²) in [6, 6.07) is -0.442. The molecule has 0 spiro atoms. The third-order valence-electron chi connectivity index (χ3n) is 7.34. The van der Waals surface area contributed by atoms with Gasteiger partial charge in [0, 0.05) is 29.8 Å². The number of alkyl halides is 4. The molecule has 3 saturated carbocycles. The van der Waals surface area contributed by atoms with Crippen molar-refractivity contribution < 1.29 is 40.1 Å². The van der Waals surface area contributed by atoms with Crippen molar-refractivity contribution in [3.05, 3.63) is 0 Å². The van der Waals surface area contributed by atoms with E-state index in [2.05, 4.69) is 10.6 Å². The van der Waals surface area contributed by atoms with Gasteiger partial charge in [-0.05, 0) is 38.5 Å². The van der Waals surface area contributed by atoms with Crippen LogP contribution in [0.25, 0.3) is 0 Å². The van der Waals surface area contributed by atoms with Crippen LogP contribution in [-0.2, 0) is 19.7 Å². The quantitative estimate of drug-likeness (QED) is 0.412. The Hall–Kier alpha value is -1.43. The van der Waals surface area contributed by atoms with E-state index in [1.807, 2.05) is 0 Å². The van der Waals surface area contributed by atoms with Crippen LogP contribution in [0.4, 0.5) is 17.6 Å². The Morgan fingerprint density at radius 2 is 1.21 bits per heavy atom. The Labute approximate surface area is 191 Å². The van der Waals surface area contributed by atoms with Crippen LogP contribution in [0.15, 0.2) is 0 Å². The van der Waals surface area contributed by atoms with Crippen LogP contribution >= 0.6 is 0 Å². The van der Waals surface area contributed by atoms with Crippen molar-refractivity contribution in [3.8, 4) is 0 Å². The number of carbonyl (C=O) groups excluding carboxylic acids is 2. The molecule has 0 bridgehead atoms. The molecule has 1 unspecified atom stereocenters. The second-order valence-corrected chi connectivity index (χ2v) is 11.1. The molecule has 0 radical (unpaired) electrons. The molecule has 0 saturated heterocycles. The average Bonchev–Trinajstić information content (AvgIpc) is 3.21. The van der Waals surface area contributed by atoms with Gasteiger partial charge in [-0.25, -0.2) is 8.42 Å². The first-order valence-corrected chi connectivity index (χ1v) is 13.1. The lowest BCUT2D eigenvalue weighted by molar-refractivity contribution is -0.201. The lowest BCUT2D eigenvalue weighted by atomic mass is 9.88. The van der Waals surface area contributed by atoms with E-state index in [-0.39, 0.29) is 12.1 Å². The third kappa shape index (κ3) is 5.63. The standard InChI is InChI=1S/C21H32F4N2O5S/c22-20(23,21(24,25)33(30,31)32)17-12-13(18(28)26-14-7-3-1-4-8-14)11-16(17)19(29)27-15-9-5-2-6-10-15/h13-17H,1-12H2,(H,26,28)(H,27,29)(H,30,31,32)/p-1/t13-,16+,17?/m1/s1. The Bertz CT molecular complexity index is 827. The Morgan fingerprint density at radius 3 is 1.67 bits per heavy atom. The highest BCUT2D eigenvalue weighted by Crippen LogP contribution is 2.53. The number of hydrogen-bond donors (Lipinski definition) is 2. The van der Waals surface area contributed by atoms with Crippen molar-refractivity contribution in [1.29, 1.82) is 0 Å². The van der Waals surface area contributed by atoms with Crippen molar-refractivity contribution in [3.63, 3.8) is 0 Å². The highest BCUT2D eigenvalue weighted by Gasteiger charge is 2.69. The molecule has 33 heavy (non-hydrogen) atoms. The maximum Gasteiger partial charge on any atom is 0.396 e. The van der Waals surface area contributed by atoms with E-state index in [9.17, 15) is 40.1 Å². The summed E-state index contributed by atoms with van der Waals surface area (Å²) in [6.07, 6.45) is 6.90. The van der Waals surface area contributed by atoms with Gasteiger partial charge in [-0.3, -0.25) is 9.59 Å². The Kier molecular flexibility index (Phi) is 7.97. The zero-order chi connectivity index (χ0) is 24.4. The molecule has 0 aliphatic heterocycles. The number of halogens is 4. The Morgan fingerprint density at radius 1 is 0.758 bits per heavy atom. The molecule has 2 amide bonds. The summed E-state index contributed by atoms with van der Waals surface area (Å²) in [5.74, 6) is -12.1. The van der Waals surface area contributed by atoms with Gasteiger partial charge in [0.1, 0.15) is 0 Å². The van der Waals surface area contributed by atoms with Gasteiger partial charge in [-0.15, -0.1) is 0 Å². The van der Waals surface area contributed by atoms with Crippen LogP contribution in [0.1, 0.15) is 77.0 Å². The number of amides is 2. The van der Waals surface area contributed by atoms with E-state index in [0.717, 1.165) is 51.4 Å². The highest BCUT2D eigenvalue weighted by molar-refractivity contribution is 7.86. The molecule has 0 aromatic heterocycles. The molecule has 3 rings (SSSR count). The van der Waals surface area contributed by atoms with Gasteiger partial charge in [-0.2, -0.15) is 17.6 Å². The number of carbonyl (C=O) groups is 2. The minimum atomic E-state index is -6.70. The largest absolute Gasteiger partial charge is 0.743 e. The lowest BCUT2D eigenvalue weighted by Gasteiger charge is -2.35. The maximum absolute atomic E-state index is 14.8. The summed E-state index contributed by atoms with van der Waals surface area (Å²) in [5, 5.41) is -0.523. The van der Waals surface area contributed by atoms with Crippen LogP contribution in [-0.4, -0.2) is 48.0 Å². The normalized spacial score (nSPS) is 28.5. The fraction of sp³-hybridized carbons (Fsp3) is 0.905. The second-order valence-electron chi connectivity index (χ2n) is 9.66. The predicted molar refractivity (Wildman–Crippen MR) is 109 cm³/mol. The van der Waals surface area contributed by atoms with Gasteiger partial charge in [0.25, 0.3) is 0 Å². The molecule has 0 aromatic rings. The summed E-state index contributed by atoms with van der Waals surface area (Å²) in [6.45, 7) is 0. The average molecular weight is 500 g/mol. The minimum absolute atomic E-state index is 0.149. The lowest BCUT2D eigenvalue weighted by Crippen LogP contribution is -2.54. The van der Waals surface area contributed by atoms with Crippen molar-refractivity contribution in [2.75, 3.05) is 0 Å². The van der Waals surface area contributed by atoms with Crippen molar-refractivity contribution >= 4 is 21.9 Å². The smallest absolute Gasteiger partial charge is 0.396 e. The molecule has 7 nitrogen and oxygen atoms in total. The van der Waals surface area contributed by atoms with Crippen LogP contribution in [0.5, 0.6) is 0 Å². The van der Waals surface area contributed by atoms with Gasteiger partial charge >= 0.3 is 11.2 Å². The zero-order valence-corrected chi connectivity index (χ0v) is 19.1. The maximum atomic E-state index is 14.8. The van der Waals surface area contributed by atoms with Gasteiger partial charge in [-0.1, -0.05) is 38.5 Å². The SMILES string of the molecule is O=C(NC1CCCCC1)[C@H]1CC(C(F)(F)C(F)(F)S(=O)(=O)[O-])[C@@H](C(=O)NC2CCCCC2)C1. The van der Waals surface area contributed by atoms with E-state index < -0.39 is 63.7 Å². The molecule has 12 heteroatoms. The molecule has 0 aromatic carbocycles. The summed E-state index contributed by atoms with van der Waals surface area (Å²) in [4.78, 5) is 25.6. The molecule has 3 fully saturated rings. The summed E-state index contributed by atoms with van der Waals surface area (Å²) in [7, 11) is -6.70. The van der Waals surface area contributed by atoms with E-state index in [1.165, 1.54) is 0 Å². The van der Waals surface area contributed by atoms with Crippen molar-refractivity contribution in [1.82, 2.24) is 10.6 Å². The van der Waals surface area contributed by atoms with Crippen LogP contribution in [0.3, 0.4) is 0 Å². The summed E-state index contributed by atoms with van der Waals surface area (Å²) in [5.41, 5.74) is 0. The fourth-order valence-corrected chi connectivity index (χ4v) is 5.93. The minimum Gasteiger partial charge on any atom is -0.743 e. The van der Waals surface area contributed by atoms with Gasteiger partial charge in [0.2, 0.25) is 11.8 Å². The topological polar surface area (TPSA) is 115 Å². The highest BCUT2D eigenvalue weighted by atomic mass is 32.2. The van der Waals surface area contributed by atoms with Crippen LogP contribution in [0.2, 0.25) is 0 Å². The molecule has 2 N–H and O–H groups in total. The zero-order valence-electron chi connectivity index (χ0n) is 18.3. The molecular formula is C21H31F4N2O5S-. The molecule has 0 heterocycles. The van der Waals surface area contributed by atoms with E-state index in [4.69, 9.17) is 0 Å². The number of rotatable bonds is 7. The molecule has 190 valence electrons. The van der Waals surface area contributed by atoms with Crippen molar-refractivity contribution in [2.24, 2.45) is 17.8 Å². The number of hydrogen-bond acceptors (Lipinski definition) is 5. The summed E-state index contributed by atoms with van der Waals surface area (Å²) >= 11 is 0. The third-order valence-corrected chi connectivity index (χ3v) is 8.24. The monoisotopic (exact) mass is 499 g/mol. The fourth-order valence-electron chi connectivity index (χ4n) is 5.45. The van der Waals surface area contributed by atoms with E-state index in [0.29, 0.717) is 12.8 Å². The van der Waals surface area contributed by atoms with Gasteiger partial charge in [0.05, 0.1) is 0 Å². The van der Waals surface area contributed by atoms with Crippen molar-refractivity contribution in [2.45, 2.75) is 100 Å². The second kappa shape index (κ2) is 10.1. The van der Waals surface area contributed by atoms with Gasteiger partial charge in [0.15, 0.2) is 10.1 Å². The molecule has 3 aliphatic carbocycles. The van der Waals surface area contributed by atoms with Gasteiger partial charge < -0.3 is 15.2 Å². The van der Waals surface area contributed by atoms with E-state index in [1.54, 1.807) is 0 Å². The first-order valence-electron chi connectivity index (χ1n) is 11.7. The molecule has 3 atom stereocenters. The predicted octanol–water partition coefficient (Wildman–Crippen LogP) is 3.30.